The Morgan fingerprint density at radius 2 is 2.19 bits per heavy atom. The second kappa shape index (κ2) is 7.70. The van der Waals surface area contributed by atoms with E-state index in [2.05, 4.69) is 5.10 Å². The third kappa shape index (κ3) is 3.83. The average molecular weight is 287 g/mol. The van der Waals surface area contributed by atoms with Crippen molar-refractivity contribution < 1.29 is 14.6 Å². The number of benzene rings is 1. The highest BCUT2D eigenvalue weighted by atomic mass is 16.5. The Morgan fingerprint density at radius 3 is 2.81 bits per heavy atom. The zero-order valence-electron chi connectivity index (χ0n) is 12.2. The van der Waals surface area contributed by atoms with Crippen molar-refractivity contribution in [1.82, 2.24) is 9.78 Å². The lowest BCUT2D eigenvalue weighted by Gasteiger charge is -2.02. The number of nitriles is 1. The molecule has 2 aromatic rings. The van der Waals surface area contributed by atoms with Gasteiger partial charge in [-0.2, -0.15) is 10.4 Å². The predicted molar refractivity (Wildman–Crippen MR) is 77.2 cm³/mol. The molecule has 21 heavy (non-hydrogen) atoms. The molecule has 0 atom stereocenters. The maximum absolute atomic E-state index is 11.5. The highest BCUT2D eigenvalue weighted by Crippen LogP contribution is 2.19. The van der Waals surface area contributed by atoms with Crippen LogP contribution in [0.4, 0.5) is 0 Å². The topological polar surface area (TPSA) is 88.1 Å². The van der Waals surface area contributed by atoms with Crippen molar-refractivity contribution in [3.63, 3.8) is 0 Å². The average Bonchev–Trinajstić information content (AvgIpc) is 3.00. The number of aromatic nitrogens is 2. The van der Waals surface area contributed by atoms with E-state index in [4.69, 9.17) is 10.00 Å². The molecule has 0 radical (unpaired) electrons. The van der Waals surface area contributed by atoms with E-state index >= 15 is 0 Å². The maximum Gasteiger partial charge on any atom is 0.341 e. The molecule has 0 bridgehead atoms. The molecule has 6 nitrogen and oxygen atoms in total. The molecule has 0 unspecified atom stereocenters. The number of carbonyl (C=O) groups is 1. The first-order valence-corrected chi connectivity index (χ1v) is 6.61. The van der Waals surface area contributed by atoms with E-state index in [0.29, 0.717) is 17.9 Å². The van der Waals surface area contributed by atoms with Crippen LogP contribution in [-0.2, 0) is 4.74 Å². The third-order valence-corrected chi connectivity index (χ3v) is 2.46. The standard InChI is InChI=1S/C13H11N3O3.C2H6/c1-2-19-13(18)10-7-15-16(8-10)11-3-4-12(17)9(5-11)6-14;1-2/h3-5,7-8,17H,2H2,1H3;1-2H3. The Hall–Kier alpha value is -2.81. The van der Waals surface area contributed by atoms with Crippen molar-refractivity contribution in [2.24, 2.45) is 0 Å². The zero-order valence-corrected chi connectivity index (χ0v) is 12.2. The van der Waals surface area contributed by atoms with Crippen molar-refractivity contribution >= 4 is 5.97 Å². The monoisotopic (exact) mass is 287 g/mol. The molecular formula is C15H17N3O3. The molecule has 0 aliphatic carbocycles. The van der Waals surface area contributed by atoms with E-state index in [0.717, 1.165) is 0 Å². The lowest BCUT2D eigenvalue weighted by Crippen LogP contribution is -2.03. The molecule has 0 aliphatic heterocycles. The summed E-state index contributed by atoms with van der Waals surface area (Å²) in [7, 11) is 0. The van der Waals surface area contributed by atoms with Crippen LogP contribution in [0, 0.1) is 11.3 Å². The van der Waals surface area contributed by atoms with Crippen molar-refractivity contribution in [3.8, 4) is 17.5 Å². The van der Waals surface area contributed by atoms with Gasteiger partial charge in [-0.3, -0.25) is 0 Å². The summed E-state index contributed by atoms with van der Waals surface area (Å²) in [6, 6.07) is 6.35. The van der Waals surface area contributed by atoms with Gasteiger partial charge in [0, 0.05) is 6.20 Å². The van der Waals surface area contributed by atoms with Gasteiger partial charge in [-0.05, 0) is 25.1 Å². The molecule has 1 aromatic heterocycles. The number of hydrogen-bond acceptors (Lipinski definition) is 5. The van der Waals surface area contributed by atoms with Crippen LogP contribution in [-0.4, -0.2) is 27.5 Å². The van der Waals surface area contributed by atoms with Gasteiger partial charge in [0.25, 0.3) is 0 Å². The van der Waals surface area contributed by atoms with E-state index in [1.54, 1.807) is 13.0 Å². The second-order valence-corrected chi connectivity index (χ2v) is 3.71. The number of ether oxygens (including phenoxy) is 1. The van der Waals surface area contributed by atoms with Gasteiger partial charge >= 0.3 is 5.97 Å². The maximum atomic E-state index is 11.5. The van der Waals surface area contributed by atoms with E-state index < -0.39 is 5.97 Å². The third-order valence-electron chi connectivity index (χ3n) is 2.46. The summed E-state index contributed by atoms with van der Waals surface area (Å²) in [4.78, 5) is 11.5. The Labute approximate surface area is 123 Å². The Morgan fingerprint density at radius 1 is 1.48 bits per heavy atom. The molecule has 0 spiro atoms. The van der Waals surface area contributed by atoms with E-state index in [1.165, 1.54) is 29.2 Å². The molecule has 6 heteroatoms. The van der Waals surface area contributed by atoms with E-state index in [-0.39, 0.29) is 11.3 Å². The summed E-state index contributed by atoms with van der Waals surface area (Å²) in [5, 5.41) is 22.3. The van der Waals surface area contributed by atoms with Crippen LogP contribution in [0.1, 0.15) is 36.7 Å². The first-order chi connectivity index (χ1) is 10.2. The Bertz CT molecular complexity index is 656. The first kappa shape index (κ1) is 16.2. The Kier molecular flexibility index (Phi) is 5.96. The van der Waals surface area contributed by atoms with Gasteiger partial charge in [0.2, 0.25) is 0 Å². The summed E-state index contributed by atoms with van der Waals surface area (Å²) < 4.78 is 6.29. The van der Waals surface area contributed by atoms with Crippen molar-refractivity contribution in [2.45, 2.75) is 20.8 Å². The van der Waals surface area contributed by atoms with Crippen LogP contribution < -0.4 is 0 Å². The molecule has 2 rings (SSSR count). The summed E-state index contributed by atoms with van der Waals surface area (Å²) in [6.07, 6.45) is 2.89. The molecule has 0 aliphatic rings. The SMILES string of the molecule is CC.CCOC(=O)c1cnn(-c2ccc(O)c(C#N)c2)c1. The smallest absolute Gasteiger partial charge is 0.341 e. The van der Waals surface area contributed by atoms with Crippen LogP contribution in [0.15, 0.2) is 30.6 Å². The van der Waals surface area contributed by atoms with Crippen LogP contribution in [0.3, 0.4) is 0 Å². The second-order valence-electron chi connectivity index (χ2n) is 3.71. The van der Waals surface area contributed by atoms with Crippen LogP contribution in [0.25, 0.3) is 5.69 Å². The summed E-state index contributed by atoms with van der Waals surface area (Å²) in [6.45, 7) is 6.02. The highest BCUT2D eigenvalue weighted by molar-refractivity contribution is 5.88. The van der Waals surface area contributed by atoms with Gasteiger partial charge in [0.05, 0.1) is 29.6 Å². The molecule has 1 N–H and O–H groups in total. The fraction of sp³-hybridized carbons (Fsp3) is 0.267. The number of hydrogen-bond donors (Lipinski definition) is 1. The molecule has 1 aromatic carbocycles. The van der Waals surface area contributed by atoms with Crippen molar-refractivity contribution in [3.05, 3.63) is 41.7 Å². The molecule has 0 saturated heterocycles. The minimum Gasteiger partial charge on any atom is -0.507 e. The normalized spacial score (nSPS) is 9.24. The molecule has 0 fully saturated rings. The van der Waals surface area contributed by atoms with Gasteiger partial charge in [-0.1, -0.05) is 13.8 Å². The van der Waals surface area contributed by atoms with E-state index in [9.17, 15) is 9.90 Å². The van der Waals surface area contributed by atoms with Gasteiger partial charge in [0.15, 0.2) is 0 Å². The summed E-state index contributed by atoms with van der Waals surface area (Å²) in [5.74, 6) is -0.544. The minimum absolute atomic E-state index is 0.0935. The fourth-order valence-corrected chi connectivity index (χ4v) is 1.54. The van der Waals surface area contributed by atoms with Crippen LogP contribution in [0.5, 0.6) is 5.75 Å². The lowest BCUT2D eigenvalue weighted by atomic mass is 10.2. The Balaban J connectivity index is 0.00000106. The van der Waals surface area contributed by atoms with Gasteiger partial charge in [-0.15, -0.1) is 0 Å². The minimum atomic E-state index is -0.451. The molecular weight excluding hydrogens is 270 g/mol. The molecule has 1 heterocycles. The molecule has 0 saturated carbocycles. The van der Waals surface area contributed by atoms with Crippen LogP contribution >= 0.6 is 0 Å². The number of aromatic hydroxyl groups is 1. The highest BCUT2D eigenvalue weighted by Gasteiger charge is 2.11. The molecule has 110 valence electrons. The fourth-order valence-electron chi connectivity index (χ4n) is 1.54. The number of rotatable bonds is 3. The van der Waals surface area contributed by atoms with Gasteiger partial charge in [0.1, 0.15) is 11.8 Å². The number of nitrogens with zero attached hydrogens (tertiary/aromatic N) is 3. The summed E-state index contributed by atoms with van der Waals surface area (Å²) in [5.41, 5.74) is 1.05. The van der Waals surface area contributed by atoms with Crippen molar-refractivity contribution in [1.29, 1.82) is 5.26 Å². The number of esters is 1. The molecule has 0 amide bonds. The van der Waals surface area contributed by atoms with Gasteiger partial charge in [-0.25, -0.2) is 9.48 Å². The zero-order chi connectivity index (χ0) is 15.8. The largest absolute Gasteiger partial charge is 0.507 e. The number of phenols is 1. The van der Waals surface area contributed by atoms with Gasteiger partial charge < -0.3 is 9.84 Å². The quantitative estimate of drug-likeness (QED) is 0.877. The summed E-state index contributed by atoms with van der Waals surface area (Å²) >= 11 is 0. The lowest BCUT2D eigenvalue weighted by molar-refractivity contribution is 0.0526. The predicted octanol–water partition coefficient (Wildman–Crippen LogP) is 2.65. The van der Waals surface area contributed by atoms with Crippen LogP contribution in [0.2, 0.25) is 0 Å². The van der Waals surface area contributed by atoms with E-state index in [1.807, 2.05) is 19.9 Å². The number of carbonyl (C=O) groups excluding carboxylic acids is 1. The first-order valence-electron chi connectivity index (χ1n) is 6.61. The number of phenolic OH excluding ortho intramolecular Hbond substituents is 1. The van der Waals surface area contributed by atoms with Crippen molar-refractivity contribution in [2.75, 3.05) is 6.61 Å².